The molecule has 1 aromatic carbocycles. The first kappa shape index (κ1) is 23.4. The van der Waals surface area contributed by atoms with Crippen molar-refractivity contribution in [2.45, 2.75) is 38.9 Å². The molecule has 0 aliphatic carbocycles. The summed E-state index contributed by atoms with van der Waals surface area (Å²) >= 11 is 0. The molecule has 0 unspecified atom stereocenters. The van der Waals surface area contributed by atoms with Gasteiger partial charge in [-0.1, -0.05) is 36.4 Å². The van der Waals surface area contributed by atoms with E-state index in [0.29, 0.717) is 18.5 Å². The minimum Gasteiger partial charge on any atom is -0.481 e. The van der Waals surface area contributed by atoms with Crippen molar-refractivity contribution in [2.75, 3.05) is 26.7 Å². The molecule has 0 amide bonds. The number of guanidine groups is 1. The highest BCUT2D eigenvalue weighted by Crippen LogP contribution is 2.14. The Kier molecular flexibility index (Phi) is 10.2. The quantitative estimate of drug-likeness (QED) is 0.340. The molecule has 2 aromatic rings. The number of rotatable bonds is 7. The van der Waals surface area contributed by atoms with Crippen molar-refractivity contribution >= 4 is 29.9 Å². The number of ether oxygens (including phenoxy) is 1. The predicted octanol–water partition coefficient (Wildman–Crippen LogP) is 3.43. The molecule has 0 bridgehead atoms. The van der Waals surface area contributed by atoms with Crippen LogP contribution in [0.15, 0.2) is 53.7 Å². The molecular weight excluding hydrogens is 477 g/mol. The summed E-state index contributed by atoms with van der Waals surface area (Å²) < 4.78 is 5.10. The van der Waals surface area contributed by atoms with Crippen LogP contribution in [0.1, 0.15) is 30.9 Å². The SMILES string of the molecule is CCNC(=NCc1ccc(OC)nc1)NC1CCN(Cc2ccccc2)CC1.I. The van der Waals surface area contributed by atoms with Crippen LogP contribution < -0.4 is 15.4 Å². The molecule has 2 heterocycles. The maximum Gasteiger partial charge on any atom is 0.212 e. The second kappa shape index (κ2) is 12.6. The fourth-order valence-electron chi connectivity index (χ4n) is 3.39. The lowest BCUT2D eigenvalue weighted by Crippen LogP contribution is -2.48. The van der Waals surface area contributed by atoms with Crippen LogP contribution in [0.5, 0.6) is 5.88 Å². The summed E-state index contributed by atoms with van der Waals surface area (Å²) in [6.07, 6.45) is 4.07. The standard InChI is InChI=1S/C22H31N5O.HI/c1-3-23-22(25-16-19-9-10-21(28-2)24-15-19)26-20-11-13-27(14-12-20)17-18-7-5-4-6-8-18;/h4-10,15,20H,3,11-14,16-17H2,1-2H3,(H2,23,25,26);1H. The first-order chi connectivity index (χ1) is 13.8. The highest BCUT2D eigenvalue weighted by Gasteiger charge is 2.20. The maximum atomic E-state index is 5.10. The van der Waals surface area contributed by atoms with Gasteiger partial charge in [0.1, 0.15) is 0 Å². The summed E-state index contributed by atoms with van der Waals surface area (Å²) in [7, 11) is 1.62. The molecule has 0 spiro atoms. The molecule has 2 N–H and O–H groups in total. The van der Waals surface area contributed by atoms with Crippen LogP contribution in [0.25, 0.3) is 0 Å². The van der Waals surface area contributed by atoms with Crippen LogP contribution >= 0.6 is 24.0 Å². The summed E-state index contributed by atoms with van der Waals surface area (Å²) in [6, 6.07) is 15.0. The van der Waals surface area contributed by atoms with Gasteiger partial charge in [0.2, 0.25) is 5.88 Å². The Bertz CT molecular complexity index is 731. The van der Waals surface area contributed by atoms with Crippen LogP contribution in [-0.2, 0) is 13.1 Å². The van der Waals surface area contributed by atoms with Gasteiger partial charge in [0.15, 0.2) is 5.96 Å². The number of aliphatic imine (C=N–C) groups is 1. The van der Waals surface area contributed by atoms with Crippen LogP contribution in [-0.4, -0.2) is 48.6 Å². The minimum atomic E-state index is 0. The second-order valence-electron chi connectivity index (χ2n) is 7.08. The first-order valence-corrected chi connectivity index (χ1v) is 10.1. The average Bonchev–Trinajstić information content (AvgIpc) is 2.75. The van der Waals surface area contributed by atoms with Crippen LogP contribution in [0.3, 0.4) is 0 Å². The van der Waals surface area contributed by atoms with Gasteiger partial charge in [0.05, 0.1) is 13.7 Å². The van der Waals surface area contributed by atoms with Gasteiger partial charge < -0.3 is 15.4 Å². The van der Waals surface area contributed by atoms with E-state index < -0.39 is 0 Å². The van der Waals surface area contributed by atoms with Crippen molar-refractivity contribution in [3.05, 3.63) is 59.8 Å². The van der Waals surface area contributed by atoms with E-state index in [-0.39, 0.29) is 24.0 Å². The fourth-order valence-corrected chi connectivity index (χ4v) is 3.39. The van der Waals surface area contributed by atoms with Gasteiger partial charge >= 0.3 is 0 Å². The number of piperidine rings is 1. The molecule has 1 aliphatic rings. The fraction of sp³-hybridized carbons (Fsp3) is 0.455. The Labute approximate surface area is 191 Å². The molecule has 0 radical (unpaired) electrons. The summed E-state index contributed by atoms with van der Waals surface area (Å²) in [4.78, 5) is 11.5. The van der Waals surface area contributed by atoms with Crippen LogP contribution in [0, 0.1) is 0 Å². The number of benzene rings is 1. The minimum absolute atomic E-state index is 0. The number of hydrogen-bond donors (Lipinski definition) is 2. The van der Waals surface area contributed by atoms with E-state index in [2.05, 4.69) is 57.8 Å². The van der Waals surface area contributed by atoms with Crippen LogP contribution in [0.4, 0.5) is 0 Å². The zero-order valence-electron chi connectivity index (χ0n) is 17.3. The summed E-state index contributed by atoms with van der Waals surface area (Å²) in [5.41, 5.74) is 2.45. The number of methoxy groups -OCH3 is 1. The largest absolute Gasteiger partial charge is 0.481 e. The molecule has 1 fully saturated rings. The molecule has 1 saturated heterocycles. The Balaban J connectivity index is 0.00000300. The Morgan fingerprint density at radius 2 is 1.90 bits per heavy atom. The lowest BCUT2D eigenvalue weighted by molar-refractivity contribution is 0.198. The van der Waals surface area contributed by atoms with Gasteiger partial charge in [0, 0.05) is 44.5 Å². The third-order valence-corrected chi connectivity index (χ3v) is 4.95. The van der Waals surface area contributed by atoms with Gasteiger partial charge in [-0.2, -0.15) is 0 Å². The number of hydrogen-bond acceptors (Lipinski definition) is 4. The molecule has 1 aromatic heterocycles. The number of halogens is 1. The molecule has 6 nitrogen and oxygen atoms in total. The van der Waals surface area contributed by atoms with E-state index >= 15 is 0 Å². The van der Waals surface area contributed by atoms with Gasteiger partial charge in [-0.3, -0.25) is 4.90 Å². The Hall–Kier alpha value is -1.87. The molecule has 29 heavy (non-hydrogen) atoms. The Morgan fingerprint density at radius 1 is 1.14 bits per heavy atom. The van der Waals surface area contributed by atoms with E-state index in [9.17, 15) is 0 Å². The van der Waals surface area contributed by atoms with Crippen LogP contribution in [0.2, 0.25) is 0 Å². The van der Waals surface area contributed by atoms with E-state index in [1.54, 1.807) is 7.11 Å². The highest BCUT2D eigenvalue weighted by atomic mass is 127. The third-order valence-electron chi connectivity index (χ3n) is 4.95. The lowest BCUT2D eigenvalue weighted by Gasteiger charge is -2.33. The monoisotopic (exact) mass is 509 g/mol. The van der Waals surface area contributed by atoms with E-state index in [1.807, 2.05) is 18.3 Å². The number of nitrogens with one attached hydrogen (secondary N) is 2. The molecule has 3 rings (SSSR count). The molecule has 1 aliphatic heterocycles. The average molecular weight is 509 g/mol. The second-order valence-corrected chi connectivity index (χ2v) is 7.08. The molecule has 0 saturated carbocycles. The predicted molar refractivity (Wildman–Crippen MR) is 129 cm³/mol. The van der Waals surface area contributed by atoms with Crippen molar-refractivity contribution < 1.29 is 4.74 Å². The van der Waals surface area contributed by atoms with Gasteiger partial charge in [-0.15, -0.1) is 24.0 Å². The summed E-state index contributed by atoms with van der Waals surface area (Å²) in [6.45, 7) is 6.78. The van der Waals surface area contributed by atoms with E-state index in [1.165, 1.54) is 5.56 Å². The summed E-state index contributed by atoms with van der Waals surface area (Å²) in [5.74, 6) is 1.50. The highest BCUT2D eigenvalue weighted by molar-refractivity contribution is 14.0. The molecule has 7 heteroatoms. The van der Waals surface area contributed by atoms with E-state index in [0.717, 1.165) is 50.5 Å². The topological polar surface area (TPSA) is 61.8 Å². The zero-order valence-corrected chi connectivity index (χ0v) is 19.6. The van der Waals surface area contributed by atoms with Crippen molar-refractivity contribution in [3.8, 4) is 5.88 Å². The molecule has 0 atom stereocenters. The van der Waals surface area contributed by atoms with Gasteiger partial charge in [0.25, 0.3) is 0 Å². The van der Waals surface area contributed by atoms with Crippen molar-refractivity contribution in [1.29, 1.82) is 0 Å². The molecule has 158 valence electrons. The number of pyridine rings is 1. The number of nitrogens with zero attached hydrogens (tertiary/aromatic N) is 3. The summed E-state index contributed by atoms with van der Waals surface area (Å²) in [5, 5.41) is 6.96. The molecular formula is C22H32IN5O. The van der Waals surface area contributed by atoms with Crippen molar-refractivity contribution in [2.24, 2.45) is 4.99 Å². The van der Waals surface area contributed by atoms with Gasteiger partial charge in [-0.05, 0) is 30.9 Å². The lowest BCUT2D eigenvalue weighted by atomic mass is 10.0. The first-order valence-electron chi connectivity index (χ1n) is 10.1. The van der Waals surface area contributed by atoms with Gasteiger partial charge in [-0.25, -0.2) is 9.98 Å². The Morgan fingerprint density at radius 3 is 2.52 bits per heavy atom. The van der Waals surface area contributed by atoms with E-state index in [4.69, 9.17) is 9.73 Å². The maximum absolute atomic E-state index is 5.10. The normalized spacial score (nSPS) is 15.4. The van der Waals surface area contributed by atoms with Crippen molar-refractivity contribution in [3.63, 3.8) is 0 Å². The zero-order chi connectivity index (χ0) is 19.6. The van der Waals surface area contributed by atoms with Crippen molar-refractivity contribution in [1.82, 2.24) is 20.5 Å². The number of likely N-dealkylation sites (tertiary alicyclic amines) is 1. The smallest absolute Gasteiger partial charge is 0.212 e. The third kappa shape index (κ3) is 7.81. The number of aromatic nitrogens is 1.